The van der Waals surface area contributed by atoms with Crippen molar-refractivity contribution in [2.24, 2.45) is 0 Å². The molecule has 0 radical (unpaired) electrons. The highest BCUT2D eigenvalue weighted by molar-refractivity contribution is 4.97. The third-order valence-electron chi connectivity index (χ3n) is 2.15. The summed E-state index contributed by atoms with van der Waals surface area (Å²) in [5, 5.41) is 30.3. The monoisotopic (exact) mass is 177 g/mol. The summed E-state index contributed by atoms with van der Waals surface area (Å²) in [5.74, 6) is 0. The van der Waals surface area contributed by atoms with E-state index in [1.54, 1.807) is 0 Å². The van der Waals surface area contributed by atoms with E-state index in [-0.39, 0.29) is 12.6 Å². The van der Waals surface area contributed by atoms with Gasteiger partial charge in [0, 0.05) is 7.11 Å². The van der Waals surface area contributed by atoms with Crippen molar-refractivity contribution in [3.05, 3.63) is 0 Å². The van der Waals surface area contributed by atoms with Crippen molar-refractivity contribution in [2.75, 3.05) is 20.3 Å². The maximum absolute atomic E-state index is 9.39. The zero-order chi connectivity index (χ0) is 9.14. The number of ether oxygens (including phenoxy) is 1. The van der Waals surface area contributed by atoms with Gasteiger partial charge in [0.15, 0.2) is 0 Å². The molecule has 0 bridgehead atoms. The maximum atomic E-state index is 9.39. The molecule has 5 heteroatoms. The van der Waals surface area contributed by atoms with Crippen LogP contribution in [0.3, 0.4) is 0 Å². The molecule has 1 saturated heterocycles. The fourth-order valence-electron chi connectivity index (χ4n) is 1.44. The molecule has 1 aliphatic rings. The third kappa shape index (κ3) is 1.75. The van der Waals surface area contributed by atoms with Gasteiger partial charge in [0.05, 0.1) is 37.5 Å². The molecule has 4 N–H and O–H groups in total. The van der Waals surface area contributed by atoms with Crippen LogP contribution in [-0.2, 0) is 4.74 Å². The molecule has 0 aliphatic carbocycles. The smallest absolute Gasteiger partial charge is 0.0990 e. The van der Waals surface area contributed by atoms with Crippen LogP contribution in [0.5, 0.6) is 0 Å². The van der Waals surface area contributed by atoms with Crippen molar-refractivity contribution < 1.29 is 20.1 Å². The summed E-state index contributed by atoms with van der Waals surface area (Å²) in [7, 11) is 1.52. The SMILES string of the molecule is COC[C@H]1N[C@H](CO)[C@@H](O)[C@@H]1O. The molecule has 1 aliphatic heterocycles. The van der Waals surface area contributed by atoms with Crippen molar-refractivity contribution in [3.63, 3.8) is 0 Å². The normalized spacial score (nSPS) is 42.0. The molecule has 0 aromatic rings. The molecule has 1 rings (SSSR count). The first kappa shape index (κ1) is 9.88. The molecule has 0 unspecified atom stereocenters. The average molecular weight is 177 g/mol. The van der Waals surface area contributed by atoms with E-state index in [0.717, 1.165) is 0 Å². The predicted octanol–water partition coefficient (Wildman–Crippen LogP) is -2.31. The number of rotatable bonds is 3. The van der Waals surface area contributed by atoms with Gasteiger partial charge in [-0.25, -0.2) is 0 Å². The molecule has 72 valence electrons. The van der Waals surface area contributed by atoms with Gasteiger partial charge in [0.1, 0.15) is 0 Å². The van der Waals surface area contributed by atoms with Crippen molar-refractivity contribution in [3.8, 4) is 0 Å². The van der Waals surface area contributed by atoms with Crippen LogP contribution in [0.4, 0.5) is 0 Å². The highest BCUT2D eigenvalue weighted by Crippen LogP contribution is 2.14. The van der Waals surface area contributed by atoms with Gasteiger partial charge >= 0.3 is 0 Å². The summed E-state index contributed by atoms with van der Waals surface area (Å²) in [4.78, 5) is 0. The number of hydrogen-bond donors (Lipinski definition) is 4. The Labute approximate surface area is 71.0 Å². The molecule has 4 atom stereocenters. The minimum atomic E-state index is -0.907. The van der Waals surface area contributed by atoms with Crippen LogP contribution in [0.2, 0.25) is 0 Å². The highest BCUT2D eigenvalue weighted by atomic mass is 16.5. The molecular formula is C7H15NO4. The van der Waals surface area contributed by atoms with Crippen LogP contribution in [0, 0.1) is 0 Å². The van der Waals surface area contributed by atoms with E-state index in [4.69, 9.17) is 9.84 Å². The van der Waals surface area contributed by atoms with Crippen LogP contribution in [0.25, 0.3) is 0 Å². The molecule has 5 nitrogen and oxygen atoms in total. The summed E-state index contributed by atoms with van der Waals surface area (Å²) in [6.45, 7) is 0.146. The van der Waals surface area contributed by atoms with Crippen LogP contribution in [-0.4, -0.2) is 59.9 Å². The van der Waals surface area contributed by atoms with Crippen molar-refractivity contribution in [2.45, 2.75) is 24.3 Å². The van der Waals surface area contributed by atoms with Crippen molar-refractivity contribution in [1.29, 1.82) is 0 Å². The van der Waals surface area contributed by atoms with Gasteiger partial charge < -0.3 is 25.4 Å². The summed E-state index contributed by atoms with van der Waals surface area (Å²) < 4.78 is 4.82. The second-order valence-corrected chi connectivity index (χ2v) is 3.00. The predicted molar refractivity (Wildman–Crippen MR) is 41.7 cm³/mol. The standard InChI is InChI=1S/C7H15NO4/c1-12-3-5-7(11)6(10)4(2-9)8-5/h4-11H,2-3H2,1H3/t4-,5-,6-,7-/m1/s1. The molecule has 1 fully saturated rings. The first-order chi connectivity index (χ1) is 5.70. The second-order valence-electron chi connectivity index (χ2n) is 3.00. The largest absolute Gasteiger partial charge is 0.395 e. The van der Waals surface area contributed by atoms with E-state index in [1.165, 1.54) is 7.11 Å². The Bertz CT molecular complexity index is 143. The van der Waals surface area contributed by atoms with Crippen LogP contribution in [0.15, 0.2) is 0 Å². The van der Waals surface area contributed by atoms with Gasteiger partial charge in [-0.2, -0.15) is 0 Å². The van der Waals surface area contributed by atoms with Gasteiger partial charge in [-0.05, 0) is 0 Å². The molecule has 0 spiro atoms. The molecule has 0 amide bonds. The first-order valence-corrected chi connectivity index (χ1v) is 3.92. The highest BCUT2D eigenvalue weighted by Gasteiger charge is 2.40. The van der Waals surface area contributed by atoms with Gasteiger partial charge in [0.25, 0.3) is 0 Å². The average Bonchev–Trinajstić information content (AvgIpc) is 2.33. The molecule has 12 heavy (non-hydrogen) atoms. The van der Waals surface area contributed by atoms with Gasteiger partial charge in [-0.3, -0.25) is 0 Å². The zero-order valence-electron chi connectivity index (χ0n) is 6.97. The lowest BCUT2D eigenvalue weighted by Gasteiger charge is -2.13. The zero-order valence-corrected chi connectivity index (χ0v) is 6.97. The number of aliphatic hydroxyl groups excluding tert-OH is 3. The van der Waals surface area contributed by atoms with Crippen LogP contribution < -0.4 is 5.32 Å². The van der Waals surface area contributed by atoms with Crippen LogP contribution in [0.1, 0.15) is 0 Å². The van der Waals surface area contributed by atoms with Crippen molar-refractivity contribution >= 4 is 0 Å². The number of aliphatic hydroxyl groups is 3. The van der Waals surface area contributed by atoms with E-state index >= 15 is 0 Å². The number of hydrogen-bond acceptors (Lipinski definition) is 5. The van der Waals surface area contributed by atoms with E-state index in [2.05, 4.69) is 5.32 Å². The lowest BCUT2D eigenvalue weighted by molar-refractivity contribution is 0.00926. The minimum absolute atomic E-state index is 0.182. The Morgan fingerprint density at radius 3 is 2.25 bits per heavy atom. The topological polar surface area (TPSA) is 82.0 Å². The van der Waals surface area contributed by atoms with Crippen molar-refractivity contribution in [1.82, 2.24) is 5.32 Å². The quantitative estimate of drug-likeness (QED) is 0.389. The number of nitrogens with one attached hydrogen (secondary N) is 1. The number of methoxy groups -OCH3 is 1. The first-order valence-electron chi connectivity index (χ1n) is 3.92. The minimum Gasteiger partial charge on any atom is -0.395 e. The Hall–Kier alpha value is -0.200. The summed E-state index contributed by atoms with van der Waals surface area (Å²) in [5.41, 5.74) is 0. The molecular weight excluding hydrogens is 162 g/mol. The van der Waals surface area contributed by atoms with Gasteiger partial charge in [-0.15, -0.1) is 0 Å². The second kappa shape index (κ2) is 4.15. The lowest BCUT2D eigenvalue weighted by Crippen LogP contribution is -2.38. The fourth-order valence-corrected chi connectivity index (χ4v) is 1.44. The molecule has 1 heterocycles. The Kier molecular flexibility index (Phi) is 3.42. The maximum Gasteiger partial charge on any atom is 0.0990 e. The Morgan fingerprint density at radius 2 is 1.83 bits per heavy atom. The molecule has 0 aromatic carbocycles. The van der Waals surface area contributed by atoms with E-state index < -0.39 is 18.2 Å². The van der Waals surface area contributed by atoms with E-state index in [1.807, 2.05) is 0 Å². The van der Waals surface area contributed by atoms with Gasteiger partial charge in [0.2, 0.25) is 0 Å². The summed E-state index contributed by atoms with van der Waals surface area (Å²) in [6.07, 6.45) is -1.77. The van der Waals surface area contributed by atoms with E-state index in [0.29, 0.717) is 6.61 Å². The summed E-state index contributed by atoms with van der Waals surface area (Å²) in [6, 6.07) is -0.734. The Balaban J connectivity index is 2.48. The third-order valence-corrected chi connectivity index (χ3v) is 2.15. The molecule has 0 saturated carbocycles. The summed E-state index contributed by atoms with van der Waals surface area (Å²) >= 11 is 0. The lowest BCUT2D eigenvalue weighted by atomic mass is 10.1. The Morgan fingerprint density at radius 1 is 1.25 bits per heavy atom. The molecule has 0 aromatic heterocycles. The fraction of sp³-hybridized carbons (Fsp3) is 1.00. The van der Waals surface area contributed by atoms with Gasteiger partial charge in [-0.1, -0.05) is 0 Å². The van der Waals surface area contributed by atoms with E-state index in [9.17, 15) is 10.2 Å². The van der Waals surface area contributed by atoms with Crippen LogP contribution >= 0.6 is 0 Å².